The van der Waals surface area contributed by atoms with Gasteiger partial charge in [-0.05, 0) is 36.2 Å². The van der Waals surface area contributed by atoms with Gasteiger partial charge in [0.2, 0.25) is 5.75 Å². The zero-order valence-corrected chi connectivity index (χ0v) is 15.5. The molecule has 7 heteroatoms. The van der Waals surface area contributed by atoms with Gasteiger partial charge in [0.1, 0.15) is 5.75 Å². The topological polar surface area (TPSA) is 92.8 Å². The smallest absolute Gasteiger partial charge is 0.251 e. The molecule has 0 saturated carbocycles. The Hall–Kier alpha value is -3.35. The number of hydrogen-bond acceptors (Lipinski definition) is 5. The van der Waals surface area contributed by atoms with Crippen LogP contribution in [-0.2, 0) is 6.42 Å². The lowest BCUT2D eigenvalue weighted by Crippen LogP contribution is -2.25. The van der Waals surface area contributed by atoms with Crippen molar-refractivity contribution in [3.8, 4) is 23.0 Å². The molecule has 7 nitrogen and oxygen atoms in total. The number of fused-ring (bicyclic) bond motifs is 1. The van der Waals surface area contributed by atoms with Crippen molar-refractivity contribution in [2.75, 3.05) is 27.9 Å². The van der Waals surface area contributed by atoms with Crippen LogP contribution in [0.15, 0.2) is 36.5 Å². The van der Waals surface area contributed by atoms with Crippen molar-refractivity contribution in [3.05, 3.63) is 47.7 Å². The molecule has 0 unspecified atom stereocenters. The van der Waals surface area contributed by atoms with Crippen LogP contribution in [0.1, 0.15) is 15.9 Å². The van der Waals surface area contributed by atoms with Gasteiger partial charge in [-0.3, -0.25) is 4.79 Å². The Morgan fingerprint density at radius 2 is 1.78 bits per heavy atom. The van der Waals surface area contributed by atoms with Gasteiger partial charge >= 0.3 is 0 Å². The van der Waals surface area contributed by atoms with Crippen molar-refractivity contribution in [2.45, 2.75) is 6.42 Å². The summed E-state index contributed by atoms with van der Waals surface area (Å²) in [5, 5.41) is 13.5. The minimum atomic E-state index is -0.230. The van der Waals surface area contributed by atoms with Gasteiger partial charge in [0, 0.05) is 35.3 Å². The molecule has 0 saturated heterocycles. The maximum Gasteiger partial charge on any atom is 0.251 e. The molecule has 1 aromatic heterocycles. The number of phenolic OH excluding ortho intramolecular Hbond substituents is 1. The number of aromatic nitrogens is 1. The fourth-order valence-electron chi connectivity index (χ4n) is 3.01. The number of H-pyrrole nitrogens is 1. The number of hydrogen-bond donors (Lipinski definition) is 3. The normalized spacial score (nSPS) is 10.6. The third-order valence-electron chi connectivity index (χ3n) is 4.36. The molecule has 3 rings (SSSR count). The summed E-state index contributed by atoms with van der Waals surface area (Å²) >= 11 is 0. The second-order valence-electron chi connectivity index (χ2n) is 5.96. The van der Waals surface area contributed by atoms with Crippen LogP contribution in [0.3, 0.4) is 0 Å². The number of phenols is 1. The first kappa shape index (κ1) is 18.4. The van der Waals surface area contributed by atoms with E-state index in [1.165, 1.54) is 21.3 Å². The van der Waals surface area contributed by atoms with Gasteiger partial charge < -0.3 is 29.6 Å². The molecule has 1 heterocycles. The highest BCUT2D eigenvalue weighted by molar-refractivity contribution is 5.95. The summed E-state index contributed by atoms with van der Waals surface area (Å²) in [5.41, 5.74) is 2.35. The lowest BCUT2D eigenvalue weighted by molar-refractivity contribution is 0.0953. The Labute approximate surface area is 156 Å². The average molecular weight is 370 g/mol. The van der Waals surface area contributed by atoms with E-state index in [2.05, 4.69) is 10.3 Å². The minimum Gasteiger partial charge on any atom is -0.508 e. The van der Waals surface area contributed by atoms with Crippen LogP contribution in [0.2, 0.25) is 0 Å². The lowest BCUT2D eigenvalue weighted by atomic mass is 10.1. The van der Waals surface area contributed by atoms with Crippen molar-refractivity contribution in [2.24, 2.45) is 0 Å². The standard InChI is InChI=1S/C20H22N2O5/c1-25-17-8-13(9-18(26-2)19(17)27-3)20(24)21-7-6-12-11-22-16-10-14(23)4-5-15(12)16/h4-5,8-11,22-23H,6-7H2,1-3H3,(H,21,24). The summed E-state index contributed by atoms with van der Waals surface area (Å²) in [7, 11) is 4.53. The molecule has 27 heavy (non-hydrogen) atoms. The van der Waals surface area contributed by atoms with Crippen LogP contribution < -0.4 is 19.5 Å². The molecule has 2 aromatic carbocycles. The van der Waals surface area contributed by atoms with E-state index in [-0.39, 0.29) is 11.7 Å². The highest BCUT2D eigenvalue weighted by Gasteiger charge is 2.17. The summed E-state index contributed by atoms with van der Waals surface area (Å²) in [4.78, 5) is 15.6. The molecular formula is C20H22N2O5. The summed E-state index contributed by atoms with van der Waals surface area (Å²) in [5.74, 6) is 1.29. The third kappa shape index (κ3) is 3.76. The summed E-state index contributed by atoms with van der Waals surface area (Å²) < 4.78 is 15.8. The Bertz CT molecular complexity index is 939. The molecule has 3 aromatic rings. The second-order valence-corrected chi connectivity index (χ2v) is 5.96. The monoisotopic (exact) mass is 370 g/mol. The van der Waals surface area contributed by atoms with E-state index in [4.69, 9.17) is 14.2 Å². The number of aromatic hydroxyl groups is 1. The quantitative estimate of drug-likeness (QED) is 0.595. The Morgan fingerprint density at radius 3 is 2.41 bits per heavy atom. The van der Waals surface area contributed by atoms with Crippen LogP contribution in [0, 0.1) is 0 Å². The van der Waals surface area contributed by atoms with E-state index in [1.54, 1.807) is 24.3 Å². The first-order chi connectivity index (χ1) is 13.1. The molecule has 0 aliphatic rings. The van der Waals surface area contributed by atoms with Crippen LogP contribution >= 0.6 is 0 Å². The van der Waals surface area contributed by atoms with Gasteiger partial charge in [-0.25, -0.2) is 0 Å². The number of carbonyl (C=O) groups excluding carboxylic acids is 1. The summed E-state index contributed by atoms with van der Waals surface area (Å²) in [6.07, 6.45) is 2.54. The minimum absolute atomic E-state index is 0.214. The Morgan fingerprint density at radius 1 is 1.07 bits per heavy atom. The first-order valence-electron chi connectivity index (χ1n) is 8.44. The molecule has 0 fully saturated rings. The zero-order valence-electron chi connectivity index (χ0n) is 15.5. The SMILES string of the molecule is COc1cc(C(=O)NCCc2c[nH]c3cc(O)ccc23)cc(OC)c1OC. The van der Waals surface area contributed by atoms with Crippen LogP contribution in [0.4, 0.5) is 0 Å². The second kappa shape index (κ2) is 7.90. The Balaban J connectivity index is 1.70. The molecular weight excluding hydrogens is 348 g/mol. The maximum atomic E-state index is 12.5. The Kier molecular flexibility index (Phi) is 5.40. The van der Waals surface area contributed by atoms with E-state index in [1.807, 2.05) is 12.3 Å². The summed E-state index contributed by atoms with van der Waals surface area (Å²) in [6, 6.07) is 8.41. The largest absolute Gasteiger partial charge is 0.508 e. The predicted molar refractivity (Wildman–Crippen MR) is 102 cm³/mol. The lowest BCUT2D eigenvalue weighted by Gasteiger charge is -2.14. The molecule has 142 valence electrons. The van der Waals surface area contributed by atoms with Gasteiger partial charge in [-0.15, -0.1) is 0 Å². The van der Waals surface area contributed by atoms with E-state index in [0.717, 1.165) is 16.5 Å². The van der Waals surface area contributed by atoms with E-state index in [0.29, 0.717) is 35.8 Å². The van der Waals surface area contributed by atoms with Gasteiger partial charge in [-0.2, -0.15) is 0 Å². The predicted octanol–water partition coefficient (Wildman–Crippen LogP) is 2.87. The fraction of sp³-hybridized carbons (Fsp3) is 0.250. The van der Waals surface area contributed by atoms with Gasteiger partial charge in [-0.1, -0.05) is 0 Å². The number of rotatable bonds is 7. The van der Waals surface area contributed by atoms with Gasteiger partial charge in [0.15, 0.2) is 11.5 Å². The van der Waals surface area contributed by atoms with Crippen molar-refractivity contribution >= 4 is 16.8 Å². The molecule has 0 bridgehead atoms. The van der Waals surface area contributed by atoms with Crippen LogP contribution in [-0.4, -0.2) is 43.9 Å². The van der Waals surface area contributed by atoms with E-state index in [9.17, 15) is 9.90 Å². The van der Waals surface area contributed by atoms with Crippen molar-refractivity contribution in [3.63, 3.8) is 0 Å². The van der Waals surface area contributed by atoms with Gasteiger partial charge in [0.25, 0.3) is 5.91 Å². The molecule has 0 atom stereocenters. The zero-order chi connectivity index (χ0) is 19.4. The molecule has 0 aliphatic carbocycles. The van der Waals surface area contributed by atoms with Crippen molar-refractivity contribution in [1.82, 2.24) is 10.3 Å². The van der Waals surface area contributed by atoms with Crippen molar-refractivity contribution < 1.29 is 24.1 Å². The number of benzene rings is 2. The van der Waals surface area contributed by atoms with Crippen molar-refractivity contribution in [1.29, 1.82) is 0 Å². The number of aromatic amines is 1. The highest BCUT2D eigenvalue weighted by atomic mass is 16.5. The molecule has 0 aliphatic heterocycles. The number of amides is 1. The fourth-order valence-corrected chi connectivity index (χ4v) is 3.01. The number of methoxy groups -OCH3 is 3. The molecule has 0 spiro atoms. The molecule has 1 amide bonds. The first-order valence-corrected chi connectivity index (χ1v) is 8.44. The highest BCUT2D eigenvalue weighted by Crippen LogP contribution is 2.38. The van der Waals surface area contributed by atoms with Gasteiger partial charge in [0.05, 0.1) is 21.3 Å². The molecule has 3 N–H and O–H groups in total. The van der Waals surface area contributed by atoms with E-state index >= 15 is 0 Å². The number of nitrogens with one attached hydrogen (secondary N) is 2. The third-order valence-corrected chi connectivity index (χ3v) is 4.36. The number of ether oxygens (including phenoxy) is 3. The maximum absolute atomic E-state index is 12.5. The molecule has 0 radical (unpaired) electrons. The van der Waals surface area contributed by atoms with Crippen LogP contribution in [0.25, 0.3) is 10.9 Å². The van der Waals surface area contributed by atoms with E-state index < -0.39 is 0 Å². The number of carbonyl (C=O) groups is 1. The van der Waals surface area contributed by atoms with Crippen LogP contribution in [0.5, 0.6) is 23.0 Å². The summed E-state index contributed by atoms with van der Waals surface area (Å²) in [6.45, 7) is 0.462. The average Bonchev–Trinajstić information content (AvgIpc) is 3.08.